The maximum atomic E-state index is 12.3. The molecule has 0 radical (unpaired) electrons. The number of nitrogens with zero attached hydrogens (tertiary/aromatic N) is 1. The van der Waals surface area contributed by atoms with Gasteiger partial charge in [0.15, 0.2) is 5.70 Å². The van der Waals surface area contributed by atoms with Crippen molar-refractivity contribution < 1.29 is 19.0 Å². The molecule has 0 N–H and O–H groups in total. The summed E-state index contributed by atoms with van der Waals surface area (Å²) in [4.78, 5) is 16.6. The Kier molecular flexibility index (Phi) is 5.82. The minimum atomic E-state index is -0.504. The maximum absolute atomic E-state index is 12.3. The Labute approximate surface area is 179 Å². The predicted molar refractivity (Wildman–Crippen MR) is 116 cm³/mol. The highest BCUT2D eigenvalue weighted by molar-refractivity contribution is 6.31. The monoisotopic (exact) mass is 419 g/mol. The Hall–Kier alpha value is -3.57. The second-order valence-electron chi connectivity index (χ2n) is 6.52. The van der Waals surface area contributed by atoms with Gasteiger partial charge in [0.1, 0.15) is 18.1 Å². The van der Waals surface area contributed by atoms with Gasteiger partial charge in [0.2, 0.25) is 5.90 Å². The van der Waals surface area contributed by atoms with E-state index in [0.29, 0.717) is 28.7 Å². The third-order valence-corrected chi connectivity index (χ3v) is 4.82. The first kappa shape index (κ1) is 19.7. The van der Waals surface area contributed by atoms with Gasteiger partial charge in [0.05, 0.1) is 7.11 Å². The van der Waals surface area contributed by atoms with Crippen LogP contribution in [0.3, 0.4) is 0 Å². The first-order valence-corrected chi connectivity index (χ1v) is 9.63. The van der Waals surface area contributed by atoms with Crippen molar-refractivity contribution in [2.24, 2.45) is 4.99 Å². The van der Waals surface area contributed by atoms with Gasteiger partial charge < -0.3 is 14.2 Å². The summed E-state index contributed by atoms with van der Waals surface area (Å²) in [6, 6.07) is 22.1. The molecule has 0 fully saturated rings. The third-order valence-electron chi connectivity index (χ3n) is 4.45. The largest absolute Gasteiger partial charge is 0.497 e. The van der Waals surface area contributed by atoms with Gasteiger partial charge in [-0.15, -0.1) is 0 Å². The number of cyclic esters (lactones) is 1. The zero-order valence-electron chi connectivity index (χ0n) is 16.2. The normalized spacial score (nSPS) is 14.4. The van der Waals surface area contributed by atoms with Crippen LogP contribution in [0.4, 0.5) is 0 Å². The van der Waals surface area contributed by atoms with E-state index in [1.54, 1.807) is 25.3 Å². The SMILES string of the molecule is COc1cccc(C2=N/C(=C\c3cccc(OCc4ccccc4Cl)c3)C(=O)O2)c1. The molecule has 0 atom stereocenters. The summed E-state index contributed by atoms with van der Waals surface area (Å²) in [7, 11) is 1.58. The van der Waals surface area contributed by atoms with Gasteiger partial charge in [0, 0.05) is 16.1 Å². The Balaban J connectivity index is 1.52. The van der Waals surface area contributed by atoms with Crippen molar-refractivity contribution >= 4 is 29.5 Å². The van der Waals surface area contributed by atoms with Crippen LogP contribution in [-0.4, -0.2) is 19.0 Å². The number of ether oxygens (including phenoxy) is 3. The van der Waals surface area contributed by atoms with Gasteiger partial charge in [-0.2, -0.15) is 0 Å². The summed E-state index contributed by atoms with van der Waals surface area (Å²) in [6.07, 6.45) is 1.66. The number of benzene rings is 3. The van der Waals surface area contributed by atoms with E-state index in [0.717, 1.165) is 11.1 Å². The van der Waals surface area contributed by atoms with E-state index >= 15 is 0 Å². The molecule has 6 heteroatoms. The number of methoxy groups -OCH3 is 1. The molecule has 1 heterocycles. The van der Waals surface area contributed by atoms with Gasteiger partial charge in [-0.25, -0.2) is 9.79 Å². The van der Waals surface area contributed by atoms with E-state index in [4.69, 9.17) is 25.8 Å². The van der Waals surface area contributed by atoms with E-state index in [2.05, 4.69) is 4.99 Å². The van der Waals surface area contributed by atoms with Crippen LogP contribution in [-0.2, 0) is 16.1 Å². The van der Waals surface area contributed by atoms with Crippen molar-refractivity contribution in [1.29, 1.82) is 0 Å². The fraction of sp³-hybridized carbons (Fsp3) is 0.0833. The summed E-state index contributed by atoms with van der Waals surface area (Å²) in [5.41, 5.74) is 2.56. The number of carbonyl (C=O) groups excluding carboxylic acids is 1. The highest BCUT2D eigenvalue weighted by atomic mass is 35.5. The molecule has 4 rings (SSSR count). The number of halogens is 1. The van der Waals surface area contributed by atoms with Gasteiger partial charge in [-0.1, -0.05) is 48.0 Å². The maximum Gasteiger partial charge on any atom is 0.363 e. The second kappa shape index (κ2) is 8.84. The van der Waals surface area contributed by atoms with Crippen LogP contribution in [0.5, 0.6) is 11.5 Å². The Morgan fingerprint density at radius 1 is 1.00 bits per heavy atom. The number of esters is 1. The minimum Gasteiger partial charge on any atom is -0.497 e. The van der Waals surface area contributed by atoms with Gasteiger partial charge >= 0.3 is 5.97 Å². The van der Waals surface area contributed by atoms with Crippen LogP contribution in [0.1, 0.15) is 16.7 Å². The summed E-state index contributed by atoms with van der Waals surface area (Å²) in [6.45, 7) is 0.347. The van der Waals surface area contributed by atoms with Crippen LogP contribution in [0.15, 0.2) is 83.5 Å². The van der Waals surface area contributed by atoms with Crippen molar-refractivity contribution in [2.45, 2.75) is 6.61 Å². The first-order chi connectivity index (χ1) is 14.6. The molecule has 1 aliphatic heterocycles. The van der Waals surface area contributed by atoms with Crippen LogP contribution in [0.2, 0.25) is 5.02 Å². The fourth-order valence-electron chi connectivity index (χ4n) is 2.92. The number of rotatable bonds is 6. The topological polar surface area (TPSA) is 57.1 Å². The number of carbonyl (C=O) groups is 1. The molecule has 0 spiro atoms. The Bertz CT molecular complexity index is 1150. The Morgan fingerprint density at radius 2 is 1.80 bits per heavy atom. The zero-order valence-corrected chi connectivity index (χ0v) is 16.9. The highest BCUT2D eigenvalue weighted by Gasteiger charge is 2.24. The Morgan fingerprint density at radius 3 is 2.63 bits per heavy atom. The van der Waals surface area contributed by atoms with E-state index in [1.807, 2.05) is 60.7 Å². The van der Waals surface area contributed by atoms with E-state index in [-0.39, 0.29) is 11.6 Å². The fourth-order valence-corrected chi connectivity index (χ4v) is 3.11. The molecule has 0 unspecified atom stereocenters. The van der Waals surface area contributed by atoms with Gasteiger partial charge in [-0.3, -0.25) is 0 Å². The lowest BCUT2D eigenvalue weighted by Crippen LogP contribution is -2.05. The lowest BCUT2D eigenvalue weighted by Gasteiger charge is -2.08. The summed E-state index contributed by atoms with van der Waals surface area (Å²) in [5, 5.41) is 0.656. The van der Waals surface area contributed by atoms with Gasteiger partial charge in [-0.05, 0) is 48.0 Å². The van der Waals surface area contributed by atoms with Crippen molar-refractivity contribution in [1.82, 2.24) is 0 Å². The smallest absolute Gasteiger partial charge is 0.363 e. The van der Waals surface area contributed by atoms with Crippen LogP contribution >= 0.6 is 11.6 Å². The summed E-state index contributed by atoms with van der Waals surface area (Å²) < 4.78 is 16.4. The average Bonchev–Trinajstić information content (AvgIpc) is 3.14. The van der Waals surface area contributed by atoms with Crippen molar-refractivity contribution in [3.05, 3.63) is 100 Å². The van der Waals surface area contributed by atoms with E-state index in [9.17, 15) is 4.79 Å². The van der Waals surface area contributed by atoms with Gasteiger partial charge in [0.25, 0.3) is 0 Å². The van der Waals surface area contributed by atoms with Crippen LogP contribution in [0.25, 0.3) is 6.08 Å². The summed E-state index contributed by atoms with van der Waals surface area (Å²) >= 11 is 6.17. The number of hydrogen-bond donors (Lipinski definition) is 0. The van der Waals surface area contributed by atoms with Crippen molar-refractivity contribution in [3.63, 3.8) is 0 Å². The molecule has 30 heavy (non-hydrogen) atoms. The molecule has 5 nitrogen and oxygen atoms in total. The lowest BCUT2D eigenvalue weighted by atomic mass is 10.2. The number of aliphatic imine (C=N–C) groups is 1. The van der Waals surface area contributed by atoms with E-state index < -0.39 is 5.97 Å². The standard InChI is InChI=1S/C24H18ClNO4/c1-28-19-9-5-8-17(14-19)23-26-22(24(27)30-23)13-16-6-4-10-20(12-16)29-15-18-7-2-3-11-21(18)25/h2-14H,15H2,1H3/b22-13-. The molecular formula is C24H18ClNO4. The second-order valence-corrected chi connectivity index (χ2v) is 6.93. The molecule has 0 aliphatic carbocycles. The third kappa shape index (κ3) is 4.53. The van der Waals surface area contributed by atoms with Crippen molar-refractivity contribution in [3.8, 4) is 11.5 Å². The molecule has 0 bridgehead atoms. The molecule has 0 amide bonds. The zero-order chi connectivity index (χ0) is 20.9. The molecular weight excluding hydrogens is 402 g/mol. The number of hydrogen-bond acceptors (Lipinski definition) is 5. The quantitative estimate of drug-likeness (QED) is 0.403. The molecule has 150 valence electrons. The molecule has 0 aromatic heterocycles. The molecule has 1 aliphatic rings. The molecule has 3 aromatic carbocycles. The van der Waals surface area contributed by atoms with Crippen LogP contribution < -0.4 is 9.47 Å². The first-order valence-electron chi connectivity index (χ1n) is 9.25. The summed E-state index contributed by atoms with van der Waals surface area (Å²) in [5.74, 6) is 1.06. The average molecular weight is 420 g/mol. The lowest BCUT2D eigenvalue weighted by molar-refractivity contribution is -0.129. The van der Waals surface area contributed by atoms with Crippen LogP contribution in [0, 0.1) is 0 Å². The van der Waals surface area contributed by atoms with E-state index in [1.165, 1.54) is 0 Å². The molecule has 3 aromatic rings. The molecule has 0 saturated heterocycles. The minimum absolute atomic E-state index is 0.219. The molecule has 0 saturated carbocycles. The highest BCUT2D eigenvalue weighted by Crippen LogP contribution is 2.24. The van der Waals surface area contributed by atoms with Crippen molar-refractivity contribution in [2.75, 3.05) is 7.11 Å². The predicted octanol–water partition coefficient (Wildman–Crippen LogP) is 5.27.